The predicted molar refractivity (Wildman–Crippen MR) is 119 cm³/mol. The number of carbonyl (C=O) groups is 2. The molecule has 1 unspecified atom stereocenters. The lowest BCUT2D eigenvalue weighted by atomic mass is 9.94. The van der Waals surface area contributed by atoms with E-state index in [9.17, 15) is 14.7 Å². The molecule has 3 aromatic rings. The van der Waals surface area contributed by atoms with E-state index in [1.165, 1.54) is 12.0 Å². The van der Waals surface area contributed by atoms with Gasteiger partial charge in [0, 0.05) is 11.9 Å². The summed E-state index contributed by atoms with van der Waals surface area (Å²) in [6.07, 6.45) is 0.656. The number of nitrogens with zero attached hydrogens (tertiary/aromatic N) is 1. The zero-order chi connectivity index (χ0) is 23.1. The van der Waals surface area contributed by atoms with Crippen molar-refractivity contribution in [2.24, 2.45) is 0 Å². The van der Waals surface area contributed by atoms with Gasteiger partial charge in [0.2, 0.25) is 5.78 Å². The fraction of sp³-hybridized carbons (Fsp3) is 0.280. The number of carbonyl (C=O) groups excluding carboxylic acids is 2. The first kappa shape index (κ1) is 20.9. The van der Waals surface area contributed by atoms with Gasteiger partial charge in [0.25, 0.3) is 5.91 Å². The summed E-state index contributed by atoms with van der Waals surface area (Å²) in [7, 11) is 1.52. The number of benzene rings is 2. The number of ether oxygens (including phenoxy) is 3. The molecule has 8 nitrogen and oxygen atoms in total. The van der Waals surface area contributed by atoms with Crippen LogP contribution in [0, 0.1) is 0 Å². The molecular formula is C25H23NO7. The summed E-state index contributed by atoms with van der Waals surface area (Å²) >= 11 is 0. The molecule has 33 heavy (non-hydrogen) atoms. The van der Waals surface area contributed by atoms with Gasteiger partial charge >= 0.3 is 0 Å². The summed E-state index contributed by atoms with van der Waals surface area (Å²) in [6.45, 7) is 3.16. The van der Waals surface area contributed by atoms with E-state index < -0.39 is 23.5 Å². The highest BCUT2D eigenvalue weighted by Gasteiger charge is 2.44. The van der Waals surface area contributed by atoms with E-state index in [2.05, 4.69) is 0 Å². The summed E-state index contributed by atoms with van der Waals surface area (Å²) in [5, 5.41) is 11.5. The number of aliphatic hydroxyl groups is 1. The molecule has 0 aliphatic carbocycles. The molecule has 2 aliphatic rings. The lowest BCUT2D eigenvalue weighted by Gasteiger charge is -2.27. The molecule has 3 heterocycles. The average molecular weight is 449 g/mol. The van der Waals surface area contributed by atoms with E-state index in [4.69, 9.17) is 18.6 Å². The molecular weight excluding hydrogens is 426 g/mol. The molecule has 1 amide bonds. The summed E-state index contributed by atoms with van der Waals surface area (Å²) in [4.78, 5) is 28.1. The standard InChI is InChI=1S/C25H23NO7/c1-3-9-26-21(14-7-8-16-18(12-14)32-11-10-31-16)20(23(28)25(26)29)22(27)19-13-15-5-4-6-17(30-2)24(15)33-19/h4-8,12-13,21,28H,3,9-11H2,1-2H3. The summed E-state index contributed by atoms with van der Waals surface area (Å²) in [5.41, 5.74) is 1.04. The van der Waals surface area contributed by atoms with Gasteiger partial charge in [-0.1, -0.05) is 25.1 Å². The van der Waals surface area contributed by atoms with Crippen molar-refractivity contribution in [3.8, 4) is 17.2 Å². The molecule has 8 heteroatoms. The number of ketones is 1. The fourth-order valence-corrected chi connectivity index (χ4v) is 4.38. The first-order valence-corrected chi connectivity index (χ1v) is 10.8. The molecule has 0 saturated carbocycles. The maximum absolute atomic E-state index is 13.6. The minimum absolute atomic E-state index is 0.0183. The van der Waals surface area contributed by atoms with Crippen molar-refractivity contribution in [1.29, 1.82) is 0 Å². The lowest BCUT2D eigenvalue weighted by molar-refractivity contribution is -0.129. The van der Waals surface area contributed by atoms with E-state index in [1.807, 2.05) is 6.92 Å². The maximum atomic E-state index is 13.6. The van der Waals surface area contributed by atoms with Crippen LogP contribution in [0.4, 0.5) is 0 Å². The molecule has 0 radical (unpaired) electrons. The number of amides is 1. The Morgan fingerprint density at radius 1 is 1.15 bits per heavy atom. The van der Waals surface area contributed by atoms with Crippen LogP contribution in [-0.4, -0.2) is 48.6 Å². The molecule has 5 rings (SSSR count). The van der Waals surface area contributed by atoms with E-state index in [-0.39, 0.29) is 11.3 Å². The van der Waals surface area contributed by atoms with Crippen LogP contribution in [0.15, 0.2) is 58.2 Å². The molecule has 0 bridgehead atoms. The van der Waals surface area contributed by atoms with Crippen molar-refractivity contribution in [3.05, 3.63) is 65.1 Å². The Balaban J connectivity index is 1.61. The number of aliphatic hydroxyl groups excluding tert-OH is 1. The second-order valence-electron chi connectivity index (χ2n) is 7.88. The van der Waals surface area contributed by atoms with Crippen LogP contribution in [0.2, 0.25) is 0 Å². The highest BCUT2D eigenvalue weighted by Crippen LogP contribution is 2.43. The number of hydrogen-bond acceptors (Lipinski definition) is 7. The van der Waals surface area contributed by atoms with Gasteiger partial charge in [-0.25, -0.2) is 0 Å². The number of para-hydroxylation sites is 1. The van der Waals surface area contributed by atoms with E-state index in [1.54, 1.807) is 42.5 Å². The summed E-state index contributed by atoms with van der Waals surface area (Å²) < 4.78 is 22.4. The fourth-order valence-electron chi connectivity index (χ4n) is 4.38. The first-order valence-electron chi connectivity index (χ1n) is 10.8. The zero-order valence-corrected chi connectivity index (χ0v) is 18.3. The third-order valence-electron chi connectivity index (χ3n) is 5.85. The quantitative estimate of drug-likeness (QED) is 0.563. The SMILES string of the molecule is CCCN1C(=O)C(O)=C(C(=O)c2cc3cccc(OC)c3o2)C1c1ccc2c(c1)OCCO2. The Morgan fingerprint density at radius 2 is 1.94 bits per heavy atom. The lowest BCUT2D eigenvalue weighted by Crippen LogP contribution is -2.32. The van der Waals surface area contributed by atoms with Gasteiger partial charge in [-0.2, -0.15) is 0 Å². The second-order valence-corrected chi connectivity index (χ2v) is 7.88. The smallest absolute Gasteiger partial charge is 0.290 e. The van der Waals surface area contributed by atoms with Gasteiger partial charge < -0.3 is 28.6 Å². The Labute approximate surface area is 189 Å². The minimum Gasteiger partial charge on any atom is -0.503 e. The number of fused-ring (bicyclic) bond motifs is 2. The van der Waals surface area contributed by atoms with Crippen molar-refractivity contribution < 1.29 is 33.3 Å². The number of methoxy groups -OCH3 is 1. The highest BCUT2D eigenvalue weighted by molar-refractivity contribution is 6.16. The van der Waals surface area contributed by atoms with Gasteiger partial charge in [-0.05, 0) is 36.2 Å². The molecule has 1 atom stereocenters. The summed E-state index contributed by atoms with van der Waals surface area (Å²) in [6, 6.07) is 11.4. The van der Waals surface area contributed by atoms with Crippen LogP contribution in [0.5, 0.6) is 17.2 Å². The molecule has 1 N–H and O–H groups in total. The molecule has 0 spiro atoms. The Bertz CT molecular complexity index is 1290. The van der Waals surface area contributed by atoms with Crippen LogP contribution >= 0.6 is 0 Å². The average Bonchev–Trinajstić information content (AvgIpc) is 3.38. The van der Waals surface area contributed by atoms with E-state index in [0.29, 0.717) is 60.0 Å². The van der Waals surface area contributed by atoms with Crippen LogP contribution in [0.3, 0.4) is 0 Å². The number of rotatable bonds is 6. The highest BCUT2D eigenvalue weighted by atomic mass is 16.6. The number of Topliss-reactive ketones (excluding diaryl/α,β-unsaturated/α-hetero) is 1. The third kappa shape index (κ3) is 3.38. The van der Waals surface area contributed by atoms with E-state index in [0.717, 1.165) is 0 Å². The van der Waals surface area contributed by atoms with Crippen LogP contribution in [0.1, 0.15) is 35.5 Å². The molecule has 170 valence electrons. The monoisotopic (exact) mass is 449 g/mol. The largest absolute Gasteiger partial charge is 0.503 e. The van der Waals surface area contributed by atoms with E-state index >= 15 is 0 Å². The minimum atomic E-state index is -0.782. The van der Waals surface area contributed by atoms with Crippen molar-refractivity contribution in [2.45, 2.75) is 19.4 Å². The van der Waals surface area contributed by atoms with Crippen molar-refractivity contribution >= 4 is 22.7 Å². The van der Waals surface area contributed by atoms with Gasteiger partial charge in [-0.3, -0.25) is 9.59 Å². The maximum Gasteiger partial charge on any atom is 0.290 e. The molecule has 1 aromatic heterocycles. The first-order chi connectivity index (χ1) is 16.0. The molecule has 0 saturated heterocycles. The van der Waals surface area contributed by atoms with Gasteiger partial charge in [-0.15, -0.1) is 0 Å². The molecule has 0 fully saturated rings. The van der Waals surface area contributed by atoms with Gasteiger partial charge in [0.15, 0.2) is 34.4 Å². The Kier molecular flexibility index (Phi) is 5.20. The summed E-state index contributed by atoms with van der Waals surface area (Å²) in [5.74, 6) is -0.0729. The number of hydrogen-bond donors (Lipinski definition) is 1. The molecule has 2 aromatic carbocycles. The van der Waals surface area contributed by atoms with Crippen molar-refractivity contribution in [3.63, 3.8) is 0 Å². The normalized spacial score (nSPS) is 17.7. The van der Waals surface area contributed by atoms with Gasteiger partial charge in [0.05, 0.1) is 18.7 Å². The number of furan rings is 1. The van der Waals surface area contributed by atoms with Crippen LogP contribution < -0.4 is 14.2 Å². The van der Waals surface area contributed by atoms with Crippen molar-refractivity contribution in [2.75, 3.05) is 26.9 Å². The van der Waals surface area contributed by atoms with Gasteiger partial charge in [0.1, 0.15) is 13.2 Å². The third-order valence-corrected chi connectivity index (χ3v) is 5.85. The Hall–Kier alpha value is -3.94. The van der Waals surface area contributed by atoms with Crippen LogP contribution in [0.25, 0.3) is 11.0 Å². The Morgan fingerprint density at radius 3 is 2.70 bits per heavy atom. The zero-order valence-electron chi connectivity index (χ0n) is 18.3. The molecule has 2 aliphatic heterocycles. The van der Waals surface area contributed by atoms with Crippen LogP contribution in [-0.2, 0) is 4.79 Å². The topological polar surface area (TPSA) is 98.4 Å². The predicted octanol–water partition coefficient (Wildman–Crippen LogP) is 4.20. The van der Waals surface area contributed by atoms with Crippen molar-refractivity contribution in [1.82, 2.24) is 4.90 Å². The second kappa shape index (κ2) is 8.20.